The van der Waals surface area contributed by atoms with E-state index in [-0.39, 0.29) is 10.6 Å². The second-order valence-corrected chi connectivity index (χ2v) is 5.27. The molecule has 0 bridgehead atoms. The third kappa shape index (κ3) is 2.07. The Morgan fingerprint density at radius 3 is 2.60 bits per heavy atom. The van der Waals surface area contributed by atoms with E-state index >= 15 is 0 Å². The molecule has 0 saturated heterocycles. The van der Waals surface area contributed by atoms with Crippen molar-refractivity contribution in [2.45, 2.75) is 17.1 Å². The lowest BCUT2D eigenvalue weighted by Crippen LogP contribution is -2.16. The van der Waals surface area contributed by atoms with Crippen molar-refractivity contribution in [1.82, 2.24) is 0 Å². The fourth-order valence-electron chi connectivity index (χ4n) is 0.958. The first-order valence-electron chi connectivity index (χ1n) is 4.08. The van der Waals surface area contributed by atoms with Crippen LogP contribution in [0.5, 0.6) is 0 Å². The molecule has 80 valence electrons. The molecule has 0 heterocycles. The summed E-state index contributed by atoms with van der Waals surface area (Å²) in [4.78, 5) is -0.233. The largest absolute Gasteiger partial charge is 0.396 e. The summed E-state index contributed by atoms with van der Waals surface area (Å²) in [5, 5.41) is 7.30. The molecular weight excluding hydrogens is 219 g/mol. The number of hydrogen-bond acceptors (Lipinski definition) is 4. The van der Waals surface area contributed by atoms with Crippen LogP contribution in [0, 0.1) is 17.1 Å². The van der Waals surface area contributed by atoms with E-state index in [4.69, 9.17) is 11.0 Å². The molecule has 0 aliphatic heterocycles. The Morgan fingerprint density at radius 2 is 2.13 bits per heavy atom. The average molecular weight is 228 g/mol. The van der Waals surface area contributed by atoms with Gasteiger partial charge in [0.05, 0.1) is 16.7 Å². The highest BCUT2D eigenvalue weighted by Crippen LogP contribution is 2.19. The molecule has 15 heavy (non-hydrogen) atoms. The third-order valence-corrected chi connectivity index (χ3v) is 3.90. The van der Waals surface area contributed by atoms with E-state index in [1.165, 1.54) is 13.0 Å². The zero-order valence-corrected chi connectivity index (χ0v) is 8.75. The summed E-state index contributed by atoms with van der Waals surface area (Å²) in [6.45, 7) is 1.24. The predicted octanol–water partition coefficient (Wildman–Crippen LogP) is 1.09. The van der Waals surface area contributed by atoms with E-state index in [1.54, 1.807) is 6.07 Å². The molecule has 0 spiro atoms. The standard InChI is InChI=1S/C9H9FN2O2S/c1-6(5-11)15(13,14)7-2-3-9(12)8(10)4-7/h2-4,6H,12H2,1H3. The van der Waals surface area contributed by atoms with Gasteiger partial charge in [-0.3, -0.25) is 0 Å². The van der Waals surface area contributed by atoms with E-state index in [2.05, 4.69) is 0 Å². The highest BCUT2D eigenvalue weighted by molar-refractivity contribution is 7.92. The zero-order chi connectivity index (χ0) is 11.6. The number of nitriles is 1. The molecule has 0 aliphatic carbocycles. The molecular formula is C9H9FN2O2S. The van der Waals surface area contributed by atoms with Gasteiger partial charge in [0.1, 0.15) is 11.1 Å². The summed E-state index contributed by atoms with van der Waals surface area (Å²) < 4.78 is 36.2. The number of sulfone groups is 1. The molecule has 2 N–H and O–H groups in total. The minimum atomic E-state index is -3.78. The Kier molecular flexibility index (Phi) is 2.95. The maximum atomic E-state index is 13.0. The van der Waals surface area contributed by atoms with Crippen LogP contribution >= 0.6 is 0 Å². The molecule has 0 aliphatic rings. The number of benzene rings is 1. The fraction of sp³-hybridized carbons (Fsp3) is 0.222. The molecule has 0 fully saturated rings. The van der Waals surface area contributed by atoms with Gasteiger partial charge in [-0.15, -0.1) is 0 Å². The minimum absolute atomic E-state index is 0.126. The number of halogens is 1. The quantitative estimate of drug-likeness (QED) is 0.768. The van der Waals surface area contributed by atoms with Gasteiger partial charge in [0, 0.05) is 0 Å². The number of nitrogens with zero attached hydrogens (tertiary/aromatic N) is 1. The zero-order valence-electron chi connectivity index (χ0n) is 7.94. The Bertz CT molecular complexity index is 519. The van der Waals surface area contributed by atoms with Crippen LogP contribution in [0.15, 0.2) is 23.1 Å². The minimum Gasteiger partial charge on any atom is -0.396 e. The Morgan fingerprint density at radius 1 is 1.53 bits per heavy atom. The van der Waals surface area contributed by atoms with Crippen LogP contribution in [0.25, 0.3) is 0 Å². The van der Waals surface area contributed by atoms with Crippen LogP contribution < -0.4 is 5.73 Å². The lowest BCUT2D eigenvalue weighted by Gasteiger charge is -2.06. The Hall–Kier alpha value is -1.61. The van der Waals surface area contributed by atoms with Crippen molar-refractivity contribution in [2.24, 2.45) is 0 Å². The van der Waals surface area contributed by atoms with Crippen molar-refractivity contribution in [3.8, 4) is 6.07 Å². The molecule has 6 heteroatoms. The van der Waals surface area contributed by atoms with Crippen LogP contribution in [0.2, 0.25) is 0 Å². The number of hydrogen-bond donors (Lipinski definition) is 1. The molecule has 1 rings (SSSR count). The van der Waals surface area contributed by atoms with Gasteiger partial charge in [0.15, 0.2) is 9.84 Å². The SMILES string of the molecule is CC(C#N)S(=O)(=O)c1ccc(N)c(F)c1. The van der Waals surface area contributed by atoms with Gasteiger partial charge < -0.3 is 5.73 Å². The van der Waals surface area contributed by atoms with Gasteiger partial charge >= 0.3 is 0 Å². The Labute approximate surface area is 87.0 Å². The van der Waals surface area contributed by atoms with Crippen molar-refractivity contribution in [3.63, 3.8) is 0 Å². The number of anilines is 1. The first-order valence-corrected chi connectivity index (χ1v) is 5.62. The van der Waals surface area contributed by atoms with E-state index in [0.717, 1.165) is 12.1 Å². The van der Waals surface area contributed by atoms with Crippen molar-refractivity contribution >= 4 is 15.5 Å². The van der Waals surface area contributed by atoms with Gasteiger partial charge in [-0.05, 0) is 25.1 Å². The van der Waals surface area contributed by atoms with E-state index in [1.807, 2.05) is 0 Å². The lowest BCUT2D eigenvalue weighted by atomic mass is 10.3. The second kappa shape index (κ2) is 3.87. The normalized spacial score (nSPS) is 13.1. The fourth-order valence-corrected chi connectivity index (χ4v) is 2.03. The number of rotatable bonds is 2. The molecule has 1 aromatic carbocycles. The molecule has 1 unspecified atom stereocenters. The molecule has 1 aromatic rings. The summed E-state index contributed by atoms with van der Waals surface area (Å²) in [5.74, 6) is -0.804. The van der Waals surface area contributed by atoms with E-state index in [0.29, 0.717) is 0 Å². The Balaban J connectivity index is 3.30. The summed E-state index contributed by atoms with van der Waals surface area (Å²) in [6.07, 6.45) is 0. The lowest BCUT2D eigenvalue weighted by molar-refractivity contribution is 0.588. The van der Waals surface area contributed by atoms with Crippen molar-refractivity contribution in [2.75, 3.05) is 5.73 Å². The summed E-state index contributed by atoms with van der Waals surface area (Å²) in [6, 6.07) is 4.76. The van der Waals surface area contributed by atoms with Crippen molar-refractivity contribution < 1.29 is 12.8 Å². The first-order chi connectivity index (χ1) is 6.89. The predicted molar refractivity (Wildman–Crippen MR) is 53.1 cm³/mol. The van der Waals surface area contributed by atoms with E-state index in [9.17, 15) is 12.8 Å². The first kappa shape index (κ1) is 11.5. The van der Waals surface area contributed by atoms with Gasteiger partial charge in [0.25, 0.3) is 0 Å². The smallest absolute Gasteiger partial charge is 0.194 e. The van der Waals surface area contributed by atoms with Crippen LogP contribution in [0.1, 0.15) is 6.92 Å². The van der Waals surface area contributed by atoms with Gasteiger partial charge in [-0.25, -0.2) is 12.8 Å². The third-order valence-electron chi connectivity index (χ3n) is 1.95. The van der Waals surface area contributed by atoms with Crippen molar-refractivity contribution in [3.05, 3.63) is 24.0 Å². The van der Waals surface area contributed by atoms with Crippen LogP contribution in [0.4, 0.5) is 10.1 Å². The maximum Gasteiger partial charge on any atom is 0.194 e. The number of nitrogens with two attached hydrogens (primary N) is 1. The average Bonchev–Trinajstić information content (AvgIpc) is 2.20. The van der Waals surface area contributed by atoms with Gasteiger partial charge in [-0.1, -0.05) is 0 Å². The van der Waals surface area contributed by atoms with Crippen LogP contribution in [-0.4, -0.2) is 13.7 Å². The highest BCUT2D eigenvalue weighted by Gasteiger charge is 2.23. The van der Waals surface area contributed by atoms with E-state index < -0.39 is 20.9 Å². The molecule has 1 atom stereocenters. The summed E-state index contributed by atoms with van der Waals surface area (Å²) in [5.41, 5.74) is 5.08. The molecule has 0 amide bonds. The summed E-state index contributed by atoms with van der Waals surface area (Å²) in [7, 11) is -3.78. The molecule has 0 radical (unpaired) electrons. The number of nitrogen functional groups attached to an aromatic ring is 1. The molecule has 0 aromatic heterocycles. The highest BCUT2D eigenvalue weighted by atomic mass is 32.2. The molecule has 0 saturated carbocycles. The topological polar surface area (TPSA) is 84.0 Å². The maximum absolute atomic E-state index is 13.0. The monoisotopic (exact) mass is 228 g/mol. The van der Waals surface area contributed by atoms with Crippen molar-refractivity contribution in [1.29, 1.82) is 5.26 Å². The van der Waals surface area contributed by atoms with Gasteiger partial charge in [0.2, 0.25) is 0 Å². The van der Waals surface area contributed by atoms with Crippen LogP contribution in [0.3, 0.4) is 0 Å². The van der Waals surface area contributed by atoms with Crippen LogP contribution in [-0.2, 0) is 9.84 Å². The second-order valence-electron chi connectivity index (χ2n) is 3.00. The molecule has 4 nitrogen and oxygen atoms in total. The van der Waals surface area contributed by atoms with Gasteiger partial charge in [-0.2, -0.15) is 5.26 Å². The summed E-state index contributed by atoms with van der Waals surface area (Å²) >= 11 is 0.